The molecule has 0 saturated heterocycles. The third-order valence-corrected chi connectivity index (χ3v) is 5.64. The summed E-state index contributed by atoms with van der Waals surface area (Å²) in [6.45, 7) is 0. The highest BCUT2D eigenvalue weighted by atomic mass is 16.3. The predicted octanol–water partition coefficient (Wildman–Crippen LogP) is 4.36. The number of azo groups is 1. The number of nitrogens with zero attached hydrogens (tertiary/aromatic N) is 4. The van der Waals surface area contributed by atoms with Gasteiger partial charge in [-0.15, -0.1) is 15.3 Å². The maximum absolute atomic E-state index is 13.5. The predicted molar refractivity (Wildman–Crippen MR) is 144 cm³/mol. The van der Waals surface area contributed by atoms with E-state index in [1.165, 1.54) is 12.3 Å². The van der Waals surface area contributed by atoms with Crippen LogP contribution in [0.5, 0.6) is 0 Å². The van der Waals surface area contributed by atoms with Crippen molar-refractivity contribution in [3.8, 4) is 0 Å². The molecule has 2 heterocycles. The molecule has 5 rings (SSSR count). The number of ketones is 1. The zero-order valence-corrected chi connectivity index (χ0v) is 20.3. The highest BCUT2D eigenvalue weighted by molar-refractivity contribution is 6.08. The van der Waals surface area contributed by atoms with E-state index in [0.717, 1.165) is 5.01 Å². The van der Waals surface area contributed by atoms with Gasteiger partial charge in [0, 0.05) is 11.1 Å². The van der Waals surface area contributed by atoms with Crippen molar-refractivity contribution in [1.82, 2.24) is 10.4 Å². The number of hydrazine groups is 1. The van der Waals surface area contributed by atoms with Crippen LogP contribution in [0.3, 0.4) is 0 Å². The summed E-state index contributed by atoms with van der Waals surface area (Å²) in [6, 6.07) is 16.5. The van der Waals surface area contributed by atoms with Gasteiger partial charge in [0.05, 0.1) is 23.2 Å². The molecule has 0 saturated carbocycles. The quantitative estimate of drug-likeness (QED) is 0.0865. The molecule has 0 radical (unpaired) electrons. The number of anilines is 1. The van der Waals surface area contributed by atoms with Crippen LogP contribution in [0, 0.1) is 0 Å². The van der Waals surface area contributed by atoms with Crippen molar-refractivity contribution in [2.75, 3.05) is 5.32 Å². The molecular formula is C28H21N7O4. The first-order chi connectivity index (χ1) is 19.0. The molecule has 2 amide bonds. The van der Waals surface area contributed by atoms with Gasteiger partial charge < -0.3 is 9.73 Å². The van der Waals surface area contributed by atoms with Crippen molar-refractivity contribution in [3.05, 3.63) is 132 Å². The van der Waals surface area contributed by atoms with Gasteiger partial charge in [-0.2, -0.15) is 5.01 Å². The fraction of sp³-hybridized carbons (Fsp3) is 0. The van der Waals surface area contributed by atoms with Gasteiger partial charge in [0.25, 0.3) is 11.8 Å². The molecule has 4 N–H and O–H groups in total. The number of allylic oxidation sites excluding steroid dienone is 7. The molecule has 0 fully saturated rings. The van der Waals surface area contributed by atoms with Crippen molar-refractivity contribution >= 4 is 34.8 Å². The fourth-order valence-electron chi connectivity index (χ4n) is 3.68. The van der Waals surface area contributed by atoms with Gasteiger partial charge in [-0.25, -0.2) is 5.84 Å². The summed E-state index contributed by atoms with van der Waals surface area (Å²) in [5.41, 5.74) is 4.27. The second-order valence-electron chi connectivity index (χ2n) is 8.17. The Morgan fingerprint density at radius 1 is 0.974 bits per heavy atom. The summed E-state index contributed by atoms with van der Waals surface area (Å²) in [4.78, 5) is 37.4. The zero-order valence-electron chi connectivity index (χ0n) is 20.3. The molecule has 39 heavy (non-hydrogen) atoms. The summed E-state index contributed by atoms with van der Waals surface area (Å²) in [5.74, 6) is 4.71. The third kappa shape index (κ3) is 5.53. The second-order valence-corrected chi connectivity index (χ2v) is 8.17. The van der Waals surface area contributed by atoms with E-state index in [4.69, 9.17) is 10.3 Å². The van der Waals surface area contributed by atoms with Crippen LogP contribution in [-0.2, 0) is 4.79 Å². The lowest BCUT2D eigenvalue weighted by molar-refractivity contribution is -0.111. The fourth-order valence-corrected chi connectivity index (χ4v) is 3.68. The van der Waals surface area contributed by atoms with E-state index < -0.39 is 11.8 Å². The van der Waals surface area contributed by atoms with Gasteiger partial charge in [-0.1, -0.05) is 30.4 Å². The number of hydrogen-bond donors (Lipinski definition) is 3. The Kier molecular flexibility index (Phi) is 7.15. The standard InChI is InChI=1S/C28H21N7O4/c29-31-27(37)19-11-14-20(15-12-19)32-33-26(24-10-5-17-39-24)34-35-25(16-13-18-6-1-4-9-23(18)36)30-22-8-3-2-7-21(22)28(35)38/h1-17,30H,29H2,(H,31,37)/b18-13+,25-16+,33-32?,34-26-. The summed E-state index contributed by atoms with van der Waals surface area (Å²) in [6.07, 6.45) is 11.2. The molecule has 0 atom stereocenters. The van der Waals surface area contributed by atoms with Crippen LogP contribution >= 0.6 is 0 Å². The van der Waals surface area contributed by atoms with Crippen LogP contribution in [0.15, 0.2) is 135 Å². The molecule has 0 bridgehead atoms. The van der Waals surface area contributed by atoms with Crippen molar-refractivity contribution in [1.29, 1.82) is 0 Å². The molecule has 2 aliphatic rings. The van der Waals surface area contributed by atoms with Crippen LogP contribution in [-0.4, -0.2) is 28.4 Å². The average molecular weight is 520 g/mol. The maximum atomic E-state index is 13.5. The largest absolute Gasteiger partial charge is 0.461 e. The number of hydrogen-bond acceptors (Lipinski definition) is 8. The Morgan fingerprint density at radius 2 is 1.77 bits per heavy atom. The van der Waals surface area contributed by atoms with Crippen LogP contribution < -0.4 is 16.6 Å². The number of nitrogen functional groups attached to an aromatic ring is 1. The topological polar surface area (TPSA) is 155 Å². The van der Waals surface area contributed by atoms with Crippen LogP contribution in [0.1, 0.15) is 26.5 Å². The molecule has 3 aromatic rings. The van der Waals surface area contributed by atoms with E-state index in [1.54, 1.807) is 91.0 Å². The van der Waals surface area contributed by atoms with Crippen molar-refractivity contribution in [3.63, 3.8) is 0 Å². The number of amidine groups is 1. The first-order valence-electron chi connectivity index (χ1n) is 11.7. The molecule has 192 valence electrons. The highest BCUT2D eigenvalue weighted by Crippen LogP contribution is 2.28. The molecule has 1 aliphatic heterocycles. The van der Waals surface area contributed by atoms with E-state index in [-0.39, 0.29) is 17.4 Å². The molecule has 1 aliphatic carbocycles. The second kappa shape index (κ2) is 11.2. The van der Waals surface area contributed by atoms with Gasteiger partial charge in [0.1, 0.15) is 5.82 Å². The van der Waals surface area contributed by atoms with E-state index in [9.17, 15) is 14.4 Å². The van der Waals surface area contributed by atoms with E-state index >= 15 is 0 Å². The minimum Gasteiger partial charge on any atom is -0.461 e. The number of para-hydroxylation sites is 1. The van der Waals surface area contributed by atoms with Crippen LogP contribution in [0.2, 0.25) is 0 Å². The number of benzene rings is 2. The minimum absolute atomic E-state index is 0.00781. The van der Waals surface area contributed by atoms with Crippen LogP contribution in [0.25, 0.3) is 0 Å². The van der Waals surface area contributed by atoms with Crippen molar-refractivity contribution in [2.45, 2.75) is 0 Å². The number of carbonyl (C=O) groups excluding carboxylic acids is 3. The van der Waals surface area contributed by atoms with Gasteiger partial charge in [-0.3, -0.25) is 19.8 Å². The Bertz CT molecular complexity index is 1610. The van der Waals surface area contributed by atoms with E-state index in [0.29, 0.717) is 33.9 Å². The van der Waals surface area contributed by atoms with E-state index in [1.807, 2.05) is 0 Å². The number of rotatable bonds is 5. The van der Waals surface area contributed by atoms with Crippen LogP contribution in [0.4, 0.5) is 11.4 Å². The summed E-state index contributed by atoms with van der Waals surface area (Å²) in [7, 11) is 0. The number of hydrazone groups is 1. The smallest absolute Gasteiger partial charge is 0.282 e. The first-order valence-corrected chi connectivity index (χ1v) is 11.7. The SMILES string of the molecule is NNC(=O)c1ccc(N=N/C(=N\N2C(=O)c3ccccc3N/C2=C\C=C2/C=CC=CC2=O)c2ccco2)cc1. The van der Waals surface area contributed by atoms with Crippen molar-refractivity contribution in [2.24, 2.45) is 21.2 Å². The van der Waals surface area contributed by atoms with Gasteiger partial charge >= 0.3 is 0 Å². The molecule has 2 aromatic carbocycles. The Morgan fingerprint density at radius 3 is 2.51 bits per heavy atom. The normalized spacial score (nSPS) is 17.2. The molecule has 11 nitrogen and oxygen atoms in total. The first kappa shape index (κ1) is 25.0. The zero-order chi connectivity index (χ0) is 27.2. The third-order valence-electron chi connectivity index (χ3n) is 5.64. The monoisotopic (exact) mass is 519 g/mol. The number of furan rings is 1. The number of nitrogens with two attached hydrogens (primary N) is 1. The molecular weight excluding hydrogens is 498 g/mol. The lowest BCUT2D eigenvalue weighted by Gasteiger charge is -2.28. The molecule has 1 aromatic heterocycles. The lowest BCUT2D eigenvalue weighted by atomic mass is 10.1. The van der Waals surface area contributed by atoms with Gasteiger partial charge in [-0.05, 0) is 66.8 Å². The van der Waals surface area contributed by atoms with Gasteiger partial charge in [0.2, 0.25) is 5.84 Å². The van der Waals surface area contributed by atoms with Crippen molar-refractivity contribution < 1.29 is 18.8 Å². The summed E-state index contributed by atoms with van der Waals surface area (Å²) >= 11 is 0. The molecule has 0 spiro atoms. The number of nitrogens with one attached hydrogen (secondary N) is 2. The van der Waals surface area contributed by atoms with Gasteiger partial charge in [0.15, 0.2) is 11.5 Å². The summed E-state index contributed by atoms with van der Waals surface area (Å²) < 4.78 is 5.50. The minimum atomic E-state index is -0.441. The summed E-state index contributed by atoms with van der Waals surface area (Å²) in [5, 5.41) is 17.2. The molecule has 0 unspecified atom stereocenters. The Labute approximate surface area is 222 Å². The number of carbonyl (C=O) groups is 3. The van der Waals surface area contributed by atoms with E-state index in [2.05, 4.69) is 26.1 Å². The Hall–Kier alpha value is -5.68. The number of amides is 2. The average Bonchev–Trinajstić information content (AvgIpc) is 3.51. The lowest BCUT2D eigenvalue weighted by Crippen LogP contribution is -2.35. The molecule has 11 heteroatoms. The number of fused-ring (bicyclic) bond motifs is 1. The highest BCUT2D eigenvalue weighted by Gasteiger charge is 2.29. The maximum Gasteiger partial charge on any atom is 0.282 e. The Balaban J connectivity index is 1.54.